The molecule has 1 aliphatic carbocycles. The van der Waals surface area contributed by atoms with Crippen molar-refractivity contribution in [1.82, 2.24) is 0 Å². The number of hydrogen-bond acceptors (Lipinski definition) is 2. The zero-order chi connectivity index (χ0) is 11.2. The molecule has 0 bridgehead atoms. The summed E-state index contributed by atoms with van der Waals surface area (Å²) in [5, 5.41) is 0. The largest absolute Gasteiger partial charge is 0.469 e. The van der Waals surface area contributed by atoms with Crippen LogP contribution in [-0.4, -0.2) is 5.78 Å². The van der Waals surface area contributed by atoms with Crippen LogP contribution in [0, 0.1) is 5.92 Å². The fourth-order valence-electron chi connectivity index (χ4n) is 2.51. The lowest BCUT2D eigenvalue weighted by Gasteiger charge is -2.11. The topological polar surface area (TPSA) is 30.2 Å². The van der Waals surface area contributed by atoms with E-state index in [9.17, 15) is 4.79 Å². The van der Waals surface area contributed by atoms with Crippen LogP contribution in [-0.2, 0) is 11.2 Å². The fraction of sp³-hybridized carbons (Fsp3) is 0.643. The number of carbonyl (C=O) groups is 1. The molecule has 0 radical (unpaired) electrons. The van der Waals surface area contributed by atoms with Gasteiger partial charge in [-0.15, -0.1) is 0 Å². The molecular formula is C14H20O2. The fourth-order valence-corrected chi connectivity index (χ4v) is 2.51. The average molecular weight is 220 g/mol. The molecule has 1 atom stereocenters. The van der Waals surface area contributed by atoms with Crippen LogP contribution >= 0.6 is 0 Å². The Kier molecular flexibility index (Phi) is 4.20. The molecule has 1 heterocycles. The molecule has 0 N–H and O–H groups in total. The summed E-state index contributed by atoms with van der Waals surface area (Å²) in [5.74, 6) is 1.87. The van der Waals surface area contributed by atoms with Gasteiger partial charge in [0.15, 0.2) is 0 Å². The molecule has 1 saturated carbocycles. The van der Waals surface area contributed by atoms with E-state index in [4.69, 9.17) is 4.42 Å². The van der Waals surface area contributed by atoms with Gasteiger partial charge in [-0.05, 0) is 37.8 Å². The van der Waals surface area contributed by atoms with Crippen molar-refractivity contribution < 1.29 is 9.21 Å². The Morgan fingerprint density at radius 2 is 2.25 bits per heavy atom. The summed E-state index contributed by atoms with van der Waals surface area (Å²) in [7, 11) is 0. The Hall–Kier alpha value is -1.05. The standard InChI is InChI=1S/C14H20O2/c15-14-10-3-1-2-6-12(14)7-4-8-13-9-5-11-16-13/h5,9,11-12H,1-4,6-8,10H2. The second-order valence-corrected chi connectivity index (χ2v) is 4.73. The molecule has 0 aromatic carbocycles. The van der Waals surface area contributed by atoms with Gasteiger partial charge in [-0.25, -0.2) is 0 Å². The first-order valence-corrected chi connectivity index (χ1v) is 6.41. The maximum atomic E-state index is 11.8. The van der Waals surface area contributed by atoms with Crippen LogP contribution in [0.5, 0.6) is 0 Å². The van der Waals surface area contributed by atoms with Crippen molar-refractivity contribution in [2.75, 3.05) is 0 Å². The lowest BCUT2D eigenvalue weighted by molar-refractivity contribution is -0.122. The molecule has 1 unspecified atom stereocenters. The highest BCUT2D eigenvalue weighted by molar-refractivity contribution is 5.81. The number of furan rings is 1. The van der Waals surface area contributed by atoms with Crippen molar-refractivity contribution in [3.8, 4) is 0 Å². The second-order valence-electron chi connectivity index (χ2n) is 4.73. The highest BCUT2D eigenvalue weighted by atomic mass is 16.3. The third kappa shape index (κ3) is 3.22. The lowest BCUT2D eigenvalue weighted by atomic mass is 9.93. The SMILES string of the molecule is O=C1CCCCCC1CCCc1ccco1. The molecule has 0 aliphatic heterocycles. The summed E-state index contributed by atoms with van der Waals surface area (Å²) in [5.41, 5.74) is 0. The first kappa shape index (κ1) is 11.4. The van der Waals surface area contributed by atoms with Crippen molar-refractivity contribution in [3.05, 3.63) is 24.2 Å². The van der Waals surface area contributed by atoms with Crippen LogP contribution in [0.25, 0.3) is 0 Å². The van der Waals surface area contributed by atoms with Crippen molar-refractivity contribution in [1.29, 1.82) is 0 Å². The molecule has 1 aromatic rings. The summed E-state index contributed by atoms with van der Waals surface area (Å²) in [6.45, 7) is 0. The summed E-state index contributed by atoms with van der Waals surface area (Å²) >= 11 is 0. The number of hydrogen-bond donors (Lipinski definition) is 0. The zero-order valence-electron chi connectivity index (χ0n) is 9.78. The average Bonchev–Trinajstić information content (AvgIpc) is 2.71. The van der Waals surface area contributed by atoms with Crippen LogP contribution in [0.4, 0.5) is 0 Å². The Morgan fingerprint density at radius 1 is 1.31 bits per heavy atom. The van der Waals surface area contributed by atoms with Gasteiger partial charge in [0.25, 0.3) is 0 Å². The maximum Gasteiger partial charge on any atom is 0.135 e. The number of ketones is 1. The predicted octanol–water partition coefficient (Wildman–Crippen LogP) is 3.75. The lowest BCUT2D eigenvalue weighted by Crippen LogP contribution is -2.12. The van der Waals surface area contributed by atoms with Gasteiger partial charge >= 0.3 is 0 Å². The molecule has 0 saturated heterocycles. The molecule has 1 aromatic heterocycles. The monoisotopic (exact) mass is 220 g/mol. The minimum absolute atomic E-state index is 0.331. The van der Waals surface area contributed by atoms with Crippen LogP contribution in [0.3, 0.4) is 0 Å². The van der Waals surface area contributed by atoms with Crippen molar-refractivity contribution in [3.63, 3.8) is 0 Å². The molecular weight excluding hydrogens is 200 g/mol. The van der Waals surface area contributed by atoms with Gasteiger partial charge in [-0.3, -0.25) is 4.79 Å². The molecule has 16 heavy (non-hydrogen) atoms. The summed E-state index contributed by atoms with van der Waals surface area (Å²) < 4.78 is 5.29. The van der Waals surface area contributed by atoms with E-state index in [0.717, 1.165) is 44.3 Å². The Labute approximate surface area is 97.0 Å². The highest BCUT2D eigenvalue weighted by Crippen LogP contribution is 2.24. The van der Waals surface area contributed by atoms with E-state index in [1.165, 1.54) is 12.8 Å². The van der Waals surface area contributed by atoms with E-state index < -0.39 is 0 Å². The molecule has 1 aliphatic rings. The van der Waals surface area contributed by atoms with Crippen LogP contribution < -0.4 is 0 Å². The number of carbonyl (C=O) groups excluding carboxylic acids is 1. The first-order valence-electron chi connectivity index (χ1n) is 6.41. The maximum absolute atomic E-state index is 11.8. The molecule has 1 fully saturated rings. The summed E-state index contributed by atoms with van der Waals surface area (Å²) in [4.78, 5) is 11.8. The van der Waals surface area contributed by atoms with Gasteiger partial charge in [0.2, 0.25) is 0 Å². The van der Waals surface area contributed by atoms with Crippen molar-refractivity contribution in [2.24, 2.45) is 5.92 Å². The third-order valence-corrected chi connectivity index (χ3v) is 3.49. The van der Waals surface area contributed by atoms with Crippen molar-refractivity contribution in [2.45, 2.75) is 51.4 Å². The third-order valence-electron chi connectivity index (χ3n) is 3.49. The van der Waals surface area contributed by atoms with E-state index in [0.29, 0.717) is 11.7 Å². The predicted molar refractivity (Wildman–Crippen MR) is 63.2 cm³/mol. The van der Waals surface area contributed by atoms with E-state index in [1.807, 2.05) is 12.1 Å². The Morgan fingerprint density at radius 3 is 3.06 bits per heavy atom. The molecule has 0 spiro atoms. The quantitative estimate of drug-likeness (QED) is 0.723. The van der Waals surface area contributed by atoms with E-state index in [1.54, 1.807) is 6.26 Å². The van der Waals surface area contributed by atoms with Crippen LogP contribution in [0.15, 0.2) is 22.8 Å². The van der Waals surface area contributed by atoms with Gasteiger partial charge in [-0.2, -0.15) is 0 Å². The number of Topliss-reactive ketones (excluding diaryl/α,β-unsaturated/α-hetero) is 1. The van der Waals surface area contributed by atoms with Crippen LogP contribution in [0.2, 0.25) is 0 Å². The van der Waals surface area contributed by atoms with Gasteiger partial charge in [-0.1, -0.05) is 12.8 Å². The molecule has 0 amide bonds. The smallest absolute Gasteiger partial charge is 0.135 e. The minimum atomic E-state index is 0.331. The summed E-state index contributed by atoms with van der Waals surface area (Å²) in [6.07, 6.45) is 10.3. The van der Waals surface area contributed by atoms with E-state index in [2.05, 4.69) is 0 Å². The second kappa shape index (κ2) is 5.88. The van der Waals surface area contributed by atoms with E-state index >= 15 is 0 Å². The van der Waals surface area contributed by atoms with Gasteiger partial charge < -0.3 is 4.42 Å². The normalized spacial score (nSPS) is 22.0. The number of aryl methyl sites for hydroxylation is 1. The highest BCUT2D eigenvalue weighted by Gasteiger charge is 2.19. The minimum Gasteiger partial charge on any atom is -0.469 e. The Bertz CT molecular complexity index is 313. The zero-order valence-corrected chi connectivity index (χ0v) is 9.78. The Balaban J connectivity index is 1.73. The molecule has 2 nitrogen and oxygen atoms in total. The van der Waals surface area contributed by atoms with Gasteiger partial charge in [0.1, 0.15) is 11.5 Å². The van der Waals surface area contributed by atoms with Gasteiger partial charge in [0.05, 0.1) is 6.26 Å². The van der Waals surface area contributed by atoms with E-state index in [-0.39, 0.29) is 0 Å². The van der Waals surface area contributed by atoms with Crippen molar-refractivity contribution >= 4 is 5.78 Å². The molecule has 2 rings (SSSR count). The van der Waals surface area contributed by atoms with Crippen LogP contribution in [0.1, 0.15) is 50.7 Å². The van der Waals surface area contributed by atoms with Gasteiger partial charge in [0, 0.05) is 18.8 Å². The number of rotatable bonds is 4. The molecule has 2 heteroatoms. The summed E-state index contributed by atoms with van der Waals surface area (Å²) in [6, 6.07) is 3.93. The first-order chi connectivity index (χ1) is 7.86. The molecule has 88 valence electrons.